The van der Waals surface area contributed by atoms with E-state index in [9.17, 15) is 9.59 Å². The third-order valence-corrected chi connectivity index (χ3v) is 3.24. The number of hydrogen-bond donors (Lipinski definition) is 3. The van der Waals surface area contributed by atoms with Crippen LogP contribution in [0.1, 0.15) is 40.0 Å². The Balaban J connectivity index is 2.30. The van der Waals surface area contributed by atoms with E-state index in [4.69, 9.17) is 10.5 Å². The molecule has 0 aromatic carbocycles. The zero-order chi connectivity index (χ0) is 15.9. The Kier molecular flexibility index (Phi) is 6.74. The third kappa shape index (κ3) is 7.75. The molecule has 1 unspecified atom stereocenters. The van der Waals surface area contributed by atoms with Gasteiger partial charge in [0, 0.05) is 32.2 Å². The fraction of sp³-hybridized carbons (Fsp3) is 0.857. The average Bonchev–Trinajstić information content (AvgIpc) is 2.58. The summed E-state index contributed by atoms with van der Waals surface area (Å²) in [6.07, 6.45) is 2.60. The fourth-order valence-electron chi connectivity index (χ4n) is 2.27. The molecule has 4 N–H and O–H groups in total. The highest BCUT2D eigenvalue weighted by molar-refractivity contribution is 5.71. The molecule has 3 amide bonds. The molecule has 0 spiro atoms. The van der Waals surface area contributed by atoms with Crippen LogP contribution in [0, 0.1) is 0 Å². The maximum Gasteiger partial charge on any atom is 0.410 e. The zero-order valence-corrected chi connectivity index (χ0v) is 13.3. The van der Waals surface area contributed by atoms with Crippen molar-refractivity contribution in [3.63, 3.8) is 0 Å². The minimum Gasteiger partial charge on any atom is -0.444 e. The molecule has 0 radical (unpaired) electrons. The van der Waals surface area contributed by atoms with Crippen LogP contribution in [-0.2, 0) is 4.74 Å². The van der Waals surface area contributed by atoms with Gasteiger partial charge in [-0.1, -0.05) is 0 Å². The van der Waals surface area contributed by atoms with Gasteiger partial charge < -0.3 is 26.0 Å². The summed E-state index contributed by atoms with van der Waals surface area (Å²) in [5.74, 6) is 0. The van der Waals surface area contributed by atoms with Crippen LogP contribution in [0.2, 0.25) is 0 Å². The highest BCUT2D eigenvalue weighted by Crippen LogP contribution is 2.15. The number of nitrogens with two attached hydrogens (primary N) is 1. The second-order valence-corrected chi connectivity index (χ2v) is 6.34. The molecular formula is C14H28N4O3. The summed E-state index contributed by atoms with van der Waals surface area (Å²) in [5, 5.41) is 5.92. The number of hydrogen-bond acceptors (Lipinski definition) is 4. The van der Waals surface area contributed by atoms with Crippen LogP contribution in [0.15, 0.2) is 0 Å². The van der Waals surface area contributed by atoms with Gasteiger partial charge in [0.05, 0.1) is 0 Å². The van der Waals surface area contributed by atoms with Gasteiger partial charge >= 0.3 is 12.1 Å². The van der Waals surface area contributed by atoms with E-state index in [0.29, 0.717) is 25.7 Å². The molecule has 1 saturated heterocycles. The molecule has 7 heteroatoms. The van der Waals surface area contributed by atoms with Crippen LogP contribution in [0.25, 0.3) is 0 Å². The lowest BCUT2D eigenvalue weighted by atomic mass is 10.1. The largest absolute Gasteiger partial charge is 0.444 e. The molecule has 0 aromatic heterocycles. The Morgan fingerprint density at radius 2 is 1.95 bits per heavy atom. The minimum atomic E-state index is -0.506. The Morgan fingerprint density at radius 3 is 2.57 bits per heavy atom. The number of urea groups is 1. The SMILES string of the molecule is CC(C)(C)OC(=O)N1CCCC(NCCNC(N)=O)CC1. The predicted octanol–water partition coefficient (Wildman–Crippen LogP) is 1.03. The molecule has 21 heavy (non-hydrogen) atoms. The van der Waals surface area contributed by atoms with Gasteiger partial charge in [-0.05, 0) is 40.0 Å². The average molecular weight is 300 g/mol. The fourth-order valence-corrected chi connectivity index (χ4v) is 2.27. The van der Waals surface area contributed by atoms with Crippen molar-refractivity contribution in [3.05, 3.63) is 0 Å². The number of ether oxygens (including phenoxy) is 1. The van der Waals surface area contributed by atoms with Crippen molar-refractivity contribution in [2.24, 2.45) is 5.73 Å². The Morgan fingerprint density at radius 1 is 1.24 bits per heavy atom. The normalized spacial score (nSPS) is 19.8. The molecule has 0 saturated carbocycles. The molecule has 1 atom stereocenters. The van der Waals surface area contributed by atoms with Crippen molar-refractivity contribution >= 4 is 12.1 Å². The Bertz CT molecular complexity index is 355. The molecule has 1 aliphatic heterocycles. The highest BCUT2D eigenvalue weighted by Gasteiger charge is 2.24. The molecule has 1 aliphatic rings. The summed E-state index contributed by atoms with van der Waals surface area (Å²) in [7, 11) is 0. The molecule has 1 fully saturated rings. The van der Waals surface area contributed by atoms with Crippen LogP contribution < -0.4 is 16.4 Å². The van der Waals surface area contributed by atoms with Crippen molar-refractivity contribution in [3.8, 4) is 0 Å². The topological polar surface area (TPSA) is 96.7 Å². The van der Waals surface area contributed by atoms with Crippen LogP contribution in [0.5, 0.6) is 0 Å². The van der Waals surface area contributed by atoms with Crippen molar-refractivity contribution in [2.45, 2.75) is 51.7 Å². The molecule has 1 heterocycles. The molecule has 1 rings (SSSR count). The van der Waals surface area contributed by atoms with Crippen LogP contribution in [-0.4, -0.2) is 54.8 Å². The second kappa shape index (κ2) is 8.07. The van der Waals surface area contributed by atoms with Crippen LogP contribution in [0.4, 0.5) is 9.59 Å². The van der Waals surface area contributed by atoms with Crippen molar-refractivity contribution in [1.82, 2.24) is 15.5 Å². The van der Waals surface area contributed by atoms with E-state index in [0.717, 1.165) is 25.8 Å². The maximum absolute atomic E-state index is 12.0. The summed E-state index contributed by atoms with van der Waals surface area (Å²) < 4.78 is 5.40. The number of carbonyl (C=O) groups excluding carboxylic acids is 2. The highest BCUT2D eigenvalue weighted by atomic mass is 16.6. The first-order valence-corrected chi connectivity index (χ1v) is 7.52. The summed E-state index contributed by atoms with van der Waals surface area (Å²) in [6, 6.07) is -0.152. The summed E-state index contributed by atoms with van der Waals surface area (Å²) in [4.78, 5) is 24.4. The Hall–Kier alpha value is -1.50. The monoisotopic (exact) mass is 300 g/mol. The number of nitrogens with zero attached hydrogens (tertiary/aromatic N) is 1. The standard InChI is InChI=1S/C14H28N4O3/c1-14(2,3)21-13(20)18-9-4-5-11(6-10-18)16-7-8-17-12(15)19/h11,16H,4-10H2,1-3H3,(H3,15,17,19). The van der Waals surface area contributed by atoms with Crippen LogP contribution in [0.3, 0.4) is 0 Å². The lowest BCUT2D eigenvalue weighted by Crippen LogP contribution is -2.40. The van der Waals surface area contributed by atoms with Gasteiger partial charge in [0.2, 0.25) is 0 Å². The van der Waals surface area contributed by atoms with Gasteiger partial charge in [0.15, 0.2) is 0 Å². The van der Waals surface area contributed by atoms with Gasteiger partial charge in [-0.15, -0.1) is 0 Å². The van der Waals surface area contributed by atoms with Crippen molar-refractivity contribution < 1.29 is 14.3 Å². The number of amides is 3. The summed E-state index contributed by atoms with van der Waals surface area (Å²) >= 11 is 0. The Labute approximate surface area is 126 Å². The molecule has 0 aromatic rings. The third-order valence-electron chi connectivity index (χ3n) is 3.24. The number of carbonyl (C=O) groups is 2. The lowest BCUT2D eigenvalue weighted by Gasteiger charge is -2.26. The number of primary amides is 1. The van der Waals surface area contributed by atoms with Gasteiger partial charge in [0.1, 0.15) is 5.60 Å². The summed E-state index contributed by atoms with van der Waals surface area (Å²) in [6.45, 7) is 8.24. The first kappa shape index (κ1) is 17.6. The predicted molar refractivity (Wildman–Crippen MR) is 81.0 cm³/mol. The lowest BCUT2D eigenvalue weighted by molar-refractivity contribution is 0.0256. The van der Waals surface area contributed by atoms with E-state index < -0.39 is 11.6 Å². The number of nitrogens with one attached hydrogen (secondary N) is 2. The maximum atomic E-state index is 12.0. The second-order valence-electron chi connectivity index (χ2n) is 6.34. The number of rotatable bonds is 4. The van der Waals surface area contributed by atoms with Crippen molar-refractivity contribution in [2.75, 3.05) is 26.2 Å². The van der Waals surface area contributed by atoms with Crippen molar-refractivity contribution in [1.29, 1.82) is 0 Å². The molecule has 7 nitrogen and oxygen atoms in total. The molecule has 0 bridgehead atoms. The van der Waals surface area contributed by atoms with Crippen LogP contribution >= 0.6 is 0 Å². The van der Waals surface area contributed by atoms with Gasteiger partial charge in [-0.25, -0.2) is 9.59 Å². The summed E-state index contributed by atoms with van der Waals surface area (Å²) in [5.41, 5.74) is 4.55. The van der Waals surface area contributed by atoms with Gasteiger partial charge in [-0.3, -0.25) is 0 Å². The van der Waals surface area contributed by atoms with Gasteiger partial charge in [-0.2, -0.15) is 0 Å². The first-order valence-electron chi connectivity index (χ1n) is 7.52. The van der Waals surface area contributed by atoms with E-state index in [1.165, 1.54) is 0 Å². The quantitative estimate of drug-likeness (QED) is 0.676. The first-order chi connectivity index (χ1) is 9.78. The zero-order valence-electron chi connectivity index (χ0n) is 13.3. The van der Waals surface area contributed by atoms with E-state index in [2.05, 4.69) is 10.6 Å². The van der Waals surface area contributed by atoms with Gasteiger partial charge in [0.25, 0.3) is 0 Å². The van der Waals surface area contributed by atoms with E-state index >= 15 is 0 Å². The number of likely N-dealkylation sites (tertiary alicyclic amines) is 1. The van der Waals surface area contributed by atoms with E-state index in [1.807, 2.05) is 20.8 Å². The van der Waals surface area contributed by atoms with E-state index in [1.54, 1.807) is 4.90 Å². The smallest absolute Gasteiger partial charge is 0.410 e. The molecule has 0 aliphatic carbocycles. The van der Waals surface area contributed by atoms with E-state index in [-0.39, 0.29) is 6.09 Å². The minimum absolute atomic E-state index is 0.237. The molecule has 122 valence electrons. The molecular weight excluding hydrogens is 272 g/mol.